The summed E-state index contributed by atoms with van der Waals surface area (Å²) < 4.78 is 0. The second kappa shape index (κ2) is 4.28. The van der Waals surface area contributed by atoms with Gasteiger partial charge in [0.1, 0.15) is 0 Å². The van der Waals surface area contributed by atoms with Crippen LogP contribution in [0.5, 0.6) is 0 Å². The highest BCUT2D eigenvalue weighted by molar-refractivity contribution is 5.26. The van der Waals surface area contributed by atoms with Crippen molar-refractivity contribution < 1.29 is 0 Å². The van der Waals surface area contributed by atoms with Gasteiger partial charge in [-0.1, -0.05) is 60.3 Å². The van der Waals surface area contributed by atoms with E-state index < -0.39 is 0 Å². The van der Waals surface area contributed by atoms with Crippen LogP contribution >= 0.6 is 0 Å². The third-order valence-electron chi connectivity index (χ3n) is 2.64. The first-order valence-corrected chi connectivity index (χ1v) is 5.22. The zero-order chi connectivity index (χ0) is 9.80. The Balaban J connectivity index is 1.91. The molecule has 0 N–H and O–H groups in total. The SMILES string of the molecule is CC(=CC1C=CC=C1)CC1C=CC=C1. The average Bonchev–Trinajstić information content (AvgIpc) is 2.76. The van der Waals surface area contributed by atoms with Gasteiger partial charge in [0.15, 0.2) is 0 Å². The van der Waals surface area contributed by atoms with Gasteiger partial charge in [-0.05, 0) is 19.3 Å². The molecule has 0 heteroatoms. The summed E-state index contributed by atoms with van der Waals surface area (Å²) >= 11 is 0. The Kier molecular flexibility index (Phi) is 2.83. The summed E-state index contributed by atoms with van der Waals surface area (Å²) in [5, 5.41) is 0. The van der Waals surface area contributed by atoms with Crippen LogP contribution in [0.4, 0.5) is 0 Å². The molecule has 0 aromatic rings. The van der Waals surface area contributed by atoms with Crippen molar-refractivity contribution in [2.75, 3.05) is 0 Å². The van der Waals surface area contributed by atoms with Crippen LogP contribution in [0.2, 0.25) is 0 Å². The molecule has 0 radical (unpaired) electrons. The van der Waals surface area contributed by atoms with Gasteiger partial charge in [0, 0.05) is 5.92 Å². The quantitative estimate of drug-likeness (QED) is 0.585. The van der Waals surface area contributed by atoms with Gasteiger partial charge in [-0.25, -0.2) is 0 Å². The predicted molar refractivity (Wildman–Crippen MR) is 61.9 cm³/mol. The third-order valence-corrected chi connectivity index (χ3v) is 2.64. The Morgan fingerprint density at radius 3 is 2.21 bits per heavy atom. The van der Waals surface area contributed by atoms with Gasteiger partial charge in [0.25, 0.3) is 0 Å². The highest BCUT2D eigenvalue weighted by atomic mass is 14.1. The summed E-state index contributed by atoms with van der Waals surface area (Å²) in [6.45, 7) is 2.22. The molecule has 2 aliphatic rings. The summed E-state index contributed by atoms with van der Waals surface area (Å²) in [7, 11) is 0. The maximum atomic E-state index is 2.35. The van der Waals surface area contributed by atoms with Crippen LogP contribution in [0.3, 0.4) is 0 Å². The van der Waals surface area contributed by atoms with E-state index in [4.69, 9.17) is 0 Å². The number of hydrogen-bond donors (Lipinski definition) is 0. The van der Waals surface area contributed by atoms with Crippen molar-refractivity contribution in [3.05, 3.63) is 60.3 Å². The fourth-order valence-electron chi connectivity index (χ4n) is 1.94. The predicted octanol–water partition coefficient (Wildman–Crippen LogP) is 3.81. The molecule has 0 aromatic heterocycles. The van der Waals surface area contributed by atoms with Crippen molar-refractivity contribution in [2.24, 2.45) is 11.8 Å². The van der Waals surface area contributed by atoms with Crippen LogP contribution in [0, 0.1) is 11.8 Å². The number of hydrogen-bond acceptors (Lipinski definition) is 0. The van der Waals surface area contributed by atoms with Crippen molar-refractivity contribution in [2.45, 2.75) is 13.3 Å². The highest BCUT2D eigenvalue weighted by Crippen LogP contribution is 2.21. The lowest BCUT2D eigenvalue weighted by Gasteiger charge is -2.07. The summed E-state index contributed by atoms with van der Waals surface area (Å²) in [6, 6.07) is 0. The molecule has 0 amide bonds. The molecule has 0 atom stereocenters. The first-order chi connectivity index (χ1) is 6.84. The van der Waals surface area contributed by atoms with E-state index in [1.54, 1.807) is 0 Å². The van der Waals surface area contributed by atoms with E-state index in [0.717, 1.165) is 6.42 Å². The van der Waals surface area contributed by atoms with E-state index in [2.05, 4.69) is 61.6 Å². The molecule has 0 fully saturated rings. The Bertz CT molecular complexity index is 313. The maximum Gasteiger partial charge on any atom is 0.0136 e. The molecule has 0 aromatic carbocycles. The fraction of sp³-hybridized carbons (Fsp3) is 0.286. The van der Waals surface area contributed by atoms with Crippen LogP contribution in [-0.4, -0.2) is 0 Å². The van der Waals surface area contributed by atoms with E-state index in [1.165, 1.54) is 5.57 Å². The van der Waals surface area contributed by atoms with Gasteiger partial charge in [-0.3, -0.25) is 0 Å². The topological polar surface area (TPSA) is 0 Å². The lowest BCUT2D eigenvalue weighted by atomic mass is 9.99. The van der Waals surface area contributed by atoms with Gasteiger partial charge in [-0.15, -0.1) is 0 Å². The maximum absolute atomic E-state index is 2.35. The van der Waals surface area contributed by atoms with Gasteiger partial charge in [0.2, 0.25) is 0 Å². The van der Waals surface area contributed by atoms with Crippen LogP contribution in [-0.2, 0) is 0 Å². The van der Waals surface area contributed by atoms with Crippen molar-refractivity contribution in [1.29, 1.82) is 0 Å². The second-order valence-electron chi connectivity index (χ2n) is 4.00. The zero-order valence-corrected chi connectivity index (χ0v) is 8.56. The monoisotopic (exact) mass is 184 g/mol. The van der Waals surface area contributed by atoms with E-state index in [0.29, 0.717) is 11.8 Å². The molecule has 0 unspecified atom stereocenters. The molecule has 0 aliphatic heterocycles. The minimum Gasteiger partial charge on any atom is -0.0773 e. The Morgan fingerprint density at radius 2 is 1.57 bits per heavy atom. The minimum atomic E-state index is 0.532. The third kappa shape index (κ3) is 2.35. The van der Waals surface area contributed by atoms with Gasteiger partial charge < -0.3 is 0 Å². The average molecular weight is 184 g/mol. The Morgan fingerprint density at radius 1 is 1.00 bits per heavy atom. The smallest absolute Gasteiger partial charge is 0.0136 e. The number of rotatable bonds is 3. The van der Waals surface area contributed by atoms with Crippen LogP contribution < -0.4 is 0 Å². The largest absolute Gasteiger partial charge is 0.0773 e. The summed E-state index contributed by atoms with van der Waals surface area (Å²) in [4.78, 5) is 0. The van der Waals surface area contributed by atoms with Gasteiger partial charge in [-0.2, -0.15) is 0 Å². The minimum absolute atomic E-state index is 0.532. The van der Waals surface area contributed by atoms with Gasteiger partial charge in [0.05, 0.1) is 0 Å². The van der Waals surface area contributed by atoms with Crippen molar-refractivity contribution in [3.63, 3.8) is 0 Å². The summed E-state index contributed by atoms with van der Waals surface area (Å²) in [6.07, 6.45) is 21.0. The molecule has 0 nitrogen and oxygen atoms in total. The standard InChI is InChI=1S/C14H16/c1-12(10-13-6-2-3-7-13)11-14-8-4-5-9-14/h2-10,13-14H,11H2,1H3. The van der Waals surface area contributed by atoms with Crippen molar-refractivity contribution in [1.82, 2.24) is 0 Å². The van der Waals surface area contributed by atoms with Crippen LogP contribution in [0.25, 0.3) is 0 Å². The fourth-order valence-corrected chi connectivity index (χ4v) is 1.94. The molecule has 2 rings (SSSR count). The summed E-state index contributed by atoms with van der Waals surface area (Å²) in [5.41, 5.74) is 1.48. The Hall–Kier alpha value is -1.30. The van der Waals surface area contributed by atoms with E-state index in [9.17, 15) is 0 Å². The molecule has 0 saturated heterocycles. The van der Waals surface area contributed by atoms with E-state index >= 15 is 0 Å². The molecule has 0 bridgehead atoms. The molecule has 72 valence electrons. The lowest BCUT2D eigenvalue weighted by Crippen LogP contribution is -1.92. The van der Waals surface area contributed by atoms with Crippen LogP contribution in [0.1, 0.15) is 13.3 Å². The molecular formula is C14H16. The van der Waals surface area contributed by atoms with Gasteiger partial charge >= 0.3 is 0 Å². The first kappa shape index (κ1) is 9.26. The molecule has 14 heavy (non-hydrogen) atoms. The van der Waals surface area contributed by atoms with Crippen molar-refractivity contribution in [3.8, 4) is 0 Å². The molecule has 0 heterocycles. The first-order valence-electron chi connectivity index (χ1n) is 5.22. The molecular weight excluding hydrogens is 168 g/mol. The Labute approximate surface area is 86.0 Å². The molecule has 2 aliphatic carbocycles. The zero-order valence-electron chi connectivity index (χ0n) is 8.56. The molecule has 0 saturated carbocycles. The second-order valence-corrected chi connectivity index (χ2v) is 4.00. The van der Waals surface area contributed by atoms with E-state index in [-0.39, 0.29) is 0 Å². The summed E-state index contributed by atoms with van der Waals surface area (Å²) in [5.74, 6) is 1.16. The lowest BCUT2D eigenvalue weighted by molar-refractivity contribution is 0.796. The van der Waals surface area contributed by atoms with Crippen molar-refractivity contribution >= 4 is 0 Å². The van der Waals surface area contributed by atoms with E-state index in [1.807, 2.05) is 0 Å². The molecule has 0 spiro atoms. The highest BCUT2D eigenvalue weighted by Gasteiger charge is 2.06. The normalized spacial score (nSPS) is 21.6. The van der Waals surface area contributed by atoms with Crippen LogP contribution in [0.15, 0.2) is 60.3 Å². The number of allylic oxidation sites excluding steroid dienone is 10.